The van der Waals surface area contributed by atoms with E-state index in [2.05, 4.69) is 187 Å². The van der Waals surface area contributed by atoms with E-state index in [9.17, 15) is 0 Å². The van der Waals surface area contributed by atoms with Crippen molar-refractivity contribution in [1.29, 1.82) is 0 Å². The minimum Gasteiger partial charge on any atom is -0.497 e. The van der Waals surface area contributed by atoms with E-state index in [1.165, 1.54) is 32.7 Å². The Hall–Kier alpha value is -6.36. The third-order valence-electron chi connectivity index (χ3n) is 9.19. The van der Waals surface area contributed by atoms with Gasteiger partial charge in [-0.2, -0.15) is 0 Å². The number of fused-ring (bicyclic) bond motifs is 2. The molecule has 0 spiro atoms. The molecule has 0 saturated carbocycles. The van der Waals surface area contributed by atoms with Gasteiger partial charge in [0, 0.05) is 34.1 Å². The predicted molar refractivity (Wildman–Crippen MR) is 211 cm³/mol. The zero-order chi connectivity index (χ0) is 33.2. The summed E-state index contributed by atoms with van der Waals surface area (Å²) in [5.41, 5.74) is 10.2. The number of methoxy groups -OCH3 is 1. The van der Waals surface area contributed by atoms with Crippen LogP contribution in [0.5, 0.6) is 5.75 Å². The molecular weight excluding hydrogens is 613 g/mol. The highest BCUT2D eigenvalue weighted by Crippen LogP contribution is 2.39. The Bertz CT molecular complexity index is 2370. The SMILES string of the molecule is COc1ccc(N(c2ccc(-c3ccc(N(c4ccc(C)cc4)c4ccc5ccccc5c4)cc3)cc2)c2ccc3ccccc3c2)cc1.O. The van der Waals surface area contributed by atoms with E-state index in [0.29, 0.717) is 0 Å². The van der Waals surface area contributed by atoms with E-state index in [0.717, 1.165) is 45.4 Å². The first-order chi connectivity index (χ1) is 24.1. The van der Waals surface area contributed by atoms with Crippen LogP contribution in [0.25, 0.3) is 32.7 Å². The lowest BCUT2D eigenvalue weighted by Gasteiger charge is -2.27. The van der Waals surface area contributed by atoms with Crippen LogP contribution in [0.1, 0.15) is 5.56 Å². The molecule has 0 aliphatic carbocycles. The van der Waals surface area contributed by atoms with Crippen molar-refractivity contribution in [1.82, 2.24) is 0 Å². The molecule has 0 heterocycles. The molecule has 0 unspecified atom stereocenters. The summed E-state index contributed by atoms with van der Waals surface area (Å²) < 4.78 is 5.46. The highest BCUT2D eigenvalue weighted by atomic mass is 16.5. The van der Waals surface area contributed by atoms with Crippen LogP contribution >= 0.6 is 0 Å². The molecule has 0 aliphatic rings. The predicted octanol–water partition coefficient (Wildman–Crippen LogP) is 12.1. The zero-order valence-electron chi connectivity index (χ0n) is 28.1. The largest absolute Gasteiger partial charge is 0.497 e. The first kappa shape index (κ1) is 32.2. The minimum absolute atomic E-state index is 0. The van der Waals surface area contributed by atoms with E-state index in [4.69, 9.17) is 4.74 Å². The number of anilines is 6. The van der Waals surface area contributed by atoms with Crippen LogP contribution in [0.15, 0.2) is 182 Å². The van der Waals surface area contributed by atoms with Gasteiger partial charge in [-0.3, -0.25) is 0 Å². The Morgan fingerprint density at radius 1 is 0.360 bits per heavy atom. The van der Waals surface area contributed by atoms with Crippen molar-refractivity contribution in [3.63, 3.8) is 0 Å². The molecule has 0 aliphatic heterocycles. The maximum atomic E-state index is 5.46. The molecule has 8 rings (SSSR count). The van der Waals surface area contributed by atoms with Crippen molar-refractivity contribution in [2.24, 2.45) is 0 Å². The Balaban J connectivity index is 0.00000392. The standard InChI is InChI=1S/C46H36N2O.H2O/c1-33-11-19-40(20-12-33)47(44-25-17-34-7-3-5-9-38(34)31-44)41-21-13-36(14-22-41)37-15-23-42(24-16-37)48(43-27-29-46(49-2)30-28-43)45-26-18-35-8-4-6-10-39(35)32-45;/h3-32H,1-2H3;1H2. The molecule has 50 heavy (non-hydrogen) atoms. The molecule has 4 heteroatoms. The van der Waals surface area contributed by atoms with Crippen molar-refractivity contribution >= 4 is 55.7 Å². The molecule has 8 aromatic rings. The van der Waals surface area contributed by atoms with Crippen LogP contribution in [-0.2, 0) is 0 Å². The number of benzene rings is 8. The van der Waals surface area contributed by atoms with Gasteiger partial charge in [-0.15, -0.1) is 0 Å². The van der Waals surface area contributed by atoms with E-state index in [1.807, 2.05) is 12.1 Å². The Kier molecular flexibility index (Phi) is 9.02. The van der Waals surface area contributed by atoms with Gasteiger partial charge in [0.1, 0.15) is 5.75 Å². The van der Waals surface area contributed by atoms with Crippen LogP contribution < -0.4 is 14.5 Å². The van der Waals surface area contributed by atoms with Gasteiger partial charge in [-0.1, -0.05) is 103 Å². The first-order valence-electron chi connectivity index (χ1n) is 16.6. The average Bonchev–Trinajstić information content (AvgIpc) is 3.16. The van der Waals surface area contributed by atoms with Gasteiger partial charge in [0.25, 0.3) is 0 Å². The molecule has 0 fully saturated rings. The van der Waals surface area contributed by atoms with Crippen molar-refractivity contribution in [2.75, 3.05) is 16.9 Å². The molecule has 8 aromatic carbocycles. The van der Waals surface area contributed by atoms with E-state index in [-0.39, 0.29) is 5.48 Å². The normalized spacial score (nSPS) is 10.8. The lowest BCUT2D eigenvalue weighted by Crippen LogP contribution is -2.10. The number of hydrogen-bond donors (Lipinski definition) is 0. The Morgan fingerprint density at radius 2 is 0.700 bits per heavy atom. The highest BCUT2D eigenvalue weighted by molar-refractivity contribution is 5.91. The molecule has 0 saturated heterocycles. The Labute approximate surface area is 293 Å². The maximum Gasteiger partial charge on any atom is 0.119 e. The van der Waals surface area contributed by atoms with Crippen molar-refractivity contribution in [2.45, 2.75) is 6.92 Å². The van der Waals surface area contributed by atoms with Gasteiger partial charge in [0.05, 0.1) is 7.11 Å². The summed E-state index contributed by atoms with van der Waals surface area (Å²) >= 11 is 0. The lowest BCUT2D eigenvalue weighted by molar-refractivity contribution is 0.415. The molecular formula is C46H38N2O2. The van der Waals surface area contributed by atoms with Gasteiger partial charge in [-0.25, -0.2) is 0 Å². The van der Waals surface area contributed by atoms with Crippen LogP contribution in [-0.4, -0.2) is 12.6 Å². The second-order valence-corrected chi connectivity index (χ2v) is 12.4. The molecule has 4 nitrogen and oxygen atoms in total. The zero-order valence-corrected chi connectivity index (χ0v) is 28.1. The van der Waals surface area contributed by atoms with Gasteiger partial charge in [0.15, 0.2) is 0 Å². The highest BCUT2D eigenvalue weighted by Gasteiger charge is 2.16. The van der Waals surface area contributed by atoms with Crippen LogP contribution in [0.3, 0.4) is 0 Å². The molecule has 2 N–H and O–H groups in total. The van der Waals surface area contributed by atoms with Gasteiger partial charge in [-0.05, 0) is 125 Å². The van der Waals surface area contributed by atoms with E-state index >= 15 is 0 Å². The Morgan fingerprint density at radius 3 is 1.10 bits per heavy atom. The summed E-state index contributed by atoms with van der Waals surface area (Å²) in [6, 6.07) is 65.0. The second-order valence-electron chi connectivity index (χ2n) is 12.4. The maximum absolute atomic E-state index is 5.46. The first-order valence-corrected chi connectivity index (χ1v) is 16.6. The third-order valence-corrected chi connectivity index (χ3v) is 9.19. The topological polar surface area (TPSA) is 47.2 Å². The van der Waals surface area contributed by atoms with E-state index in [1.54, 1.807) is 7.11 Å². The third kappa shape index (κ3) is 6.40. The monoisotopic (exact) mass is 650 g/mol. The fraction of sp³-hybridized carbons (Fsp3) is 0.0435. The number of aryl methyl sites for hydroxylation is 1. The van der Waals surface area contributed by atoms with Gasteiger partial charge < -0.3 is 20.0 Å². The van der Waals surface area contributed by atoms with Crippen molar-refractivity contribution in [3.05, 3.63) is 188 Å². The molecule has 244 valence electrons. The molecule has 0 bridgehead atoms. The van der Waals surface area contributed by atoms with Gasteiger partial charge in [0.2, 0.25) is 0 Å². The molecule has 0 aromatic heterocycles. The van der Waals surface area contributed by atoms with Gasteiger partial charge >= 0.3 is 0 Å². The van der Waals surface area contributed by atoms with Crippen LogP contribution in [0, 0.1) is 6.92 Å². The van der Waals surface area contributed by atoms with Crippen LogP contribution in [0.2, 0.25) is 0 Å². The summed E-state index contributed by atoms with van der Waals surface area (Å²) in [6.07, 6.45) is 0. The smallest absolute Gasteiger partial charge is 0.119 e. The molecule has 0 atom stereocenters. The van der Waals surface area contributed by atoms with Crippen molar-refractivity contribution < 1.29 is 10.2 Å². The fourth-order valence-corrected chi connectivity index (χ4v) is 6.56. The fourth-order valence-electron chi connectivity index (χ4n) is 6.56. The summed E-state index contributed by atoms with van der Waals surface area (Å²) in [6.45, 7) is 2.13. The van der Waals surface area contributed by atoms with Crippen molar-refractivity contribution in [3.8, 4) is 16.9 Å². The minimum atomic E-state index is 0. The number of ether oxygens (including phenoxy) is 1. The second kappa shape index (κ2) is 14.0. The quantitative estimate of drug-likeness (QED) is 0.164. The number of nitrogens with zero attached hydrogens (tertiary/aromatic N) is 2. The average molecular weight is 651 g/mol. The summed E-state index contributed by atoms with van der Waals surface area (Å²) in [5.74, 6) is 0.836. The molecule has 0 radical (unpaired) electrons. The number of hydrogen-bond acceptors (Lipinski definition) is 3. The van der Waals surface area contributed by atoms with Crippen LogP contribution in [0.4, 0.5) is 34.1 Å². The lowest BCUT2D eigenvalue weighted by atomic mass is 10.0. The summed E-state index contributed by atoms with van der Waals surface area (Å²) in [5, 5.41) is 4.89. The molecule has 0 amide bonds. The number of rotatable bonds is 8. The van der Waals surface area contributed by atoms with E-state index < -0.39 is 0 Å². The summed E-state index contributed by atoms with van der Waals surface area (Å²) in [7, 11) is 1.70. The summed E-state index contributed by atoms with van der Waals surface area (Å²) in [4.78, 5) is 4.62.